The highest BCUT2D eigenvalue weighted by molar-refractivity contribution is 4.83. The van der Waals surface area contributed by atoms with Gasteiger partial charge in [0.1, 0.15) is 0 Å². The van der Waals surface area contributed by atoms with Crippen molar-refractivity contribution in [2.45, 2.75) is 51.5 Å². The van der Waals surface area contributed by atoms with E-state index in [1.165, 1.54) is 51.6 Å². The van der Waals surface area contributed by atoms with Gasteiger partial charge in [-0.2, -0.15) is 0 Å². The maximum Gasteiger partial charge on any atom is 0.00954 e. The van der Waals surface area contributed by atoms with E-state index in [1.54, 1.807) is 0 Å². The van der Waals surface area contributed by atoms with Crippen LogP contribution in [0.5, 0.6) is 0 Å². The van der Waals surface area contributed by atoms with Crippen LogP contribution in [0.15, 0.2) is 0 Å². The largest absolute Gasteiger partial charge is 0.300 e. The van der Waals surface area contributed by atoms with Crippen molar-refractivity contribution in [2.24, 2.45) is 5.92 Å². The van der Waals surface area contributed by atoms with Crippen molar-refractivity contribution in [3.05, 3.63) is 0 Å². The first-order valence-corrected chi connectivity index (χ1v) is 5.64. The van der Waals surface area contributed by atoms with Crippen LogP contribution in [0, 0.1) is 5.92 Å². The second-order valence-corrected chi connectivity index (χ2v) is 4.50. The van der Waals surface area contributed by atoms with Gasteiger partial charge < -0.3 is 4.90 Å². The van der Waals surface area contributed by atoms with Gasteiger partial charge in [-0.1, -0.05) is 19.8 Å². The summed E-state index contributed by atoms with van der Waals surface area (Å²) in [6.45, 7) is 5.14. The zero-order chi connectivity index (χ0) is 8.39. The minimum absolute atomic E-state index is 0.974. The molecule has 0 aromatic heterocycles. The van der Waals surface area contributed by atoms with E-state index in [2.05, 4.69) is 11.8 Å². The summed E-state index contributed by atoms with van der Waals surface area (Å²) in [6.07, 6.45) is 8.79. The van der Waals surface area contributed by atoms with Crippen LogP contribution in [-0.4, -0.2) is 24.0 Å². The van der Waals surface area contributed by atoms with Gasteiger partial charge in [-0.3, -0.25) is 0 Å². The van der Waals surface area contributed by atoms with E-state index in [0.717, 1.165) is 12.0 Å². The van der Waals surface area contributed by atoms with Crippen LogP contribution < -0.4 is 0 Å². The van der Waals surface area contributed by atoms with Crippen molar-refractivity contribution in [3.63, 3.8) is 0 Å². The summed E-state index contributed by atoms with van der Waals surface area (Å²) in [7, 11) is 0. The molecule has 0 N–H and O–H groups in total. The van der Waals surface area contributed by atoms with Gasteiger partial charge in [0, 0.05) is 12.6 Å². The summed E-state index contributed by atoms with van der Waals surface area (Å²) in [5, 5.41) is 0. The Morgan fingerprint density at radius 2 is 2.08 bits per heavy atom. The quantitative estimate of drug-likeness (QED) is 0.580. The second-order valence-electron chi connectivity index (χ2n) is 4.50. The van der Waals surface area contributed by atoms with Crippen molar-refractivity contribution < 1.29 is 0 Å². The lowest BCUT2D eigenvalue weighted by Crippen LogP contribution is -2.45. The SMILES string of the molecule is CC[C@H]1CCC2CCCCN2C1. The maximum atomic E-state index is 2.75. The molecule has 0 aliphatic carbocycles. The number of hydrogen-bond donors (Lipinski definition) is 0. The van der Waals surface area contributed by atoms with Crippen molar-refractivity contribution in [2.75, 3.05) is 13.1 Å². The molecule has 2 saturated heterocycles. The molecule has 2 atom stereocenters. The first-order chi connectivity index (χ1) is 5.90. The first kappa shape index (κ1) is 8.55. The number of nitrogens with zero attached hydrogens (tertiary/aromatic N) is 1. The van der Waals surface area contributed by atoms with Crippen molar-refractivity contribution in [1.29, 1.82) is 0 Å². The fraction of sp³-hybridized carbons (Fsp3) is 1.00. The second kappa shape index (κ2) is 3.78. The fourth-order valence-electron chi connectivity index (χ4n) is 2.81. The molecule has 0 aromatic rings. The van der Waals surface area contributed by atoms with Crippen molar-refractivity contribution >= 4 is 0 Å². The van der Waals surface area contributed by atoms with E-state index in [9.17, 15) is 0 Å². The predicted octanol–water partition coefficient (Wildman–Crippen LogP) is 2.66. The third kappa shape index (κ3) is 1.66. The minimum Gasteiger partial charge on any atom is -0.300 e. The van der Waals surface area contributed by atoms with Crippen LogP contribution in [0.25, 0.3) is 0 Å². The molecular weight excluding hydrogens is 146 g/mol. The van der Waals surface area contributed by atoms with Crippen molar-refractivity contribution in [3.8, 4) is 0 Å². The van der Waals surface area contributed by atoms with Gasteiger partial charge in [0.05, 0.1) is 0 Å². The molecule has 2 heterocycles. The molecule has 2 aliphatic rings. The Labute approximate surface area is 76.1 Å². The smallest absolute Gasteiger partial charge is 0.00954 e. The van der Waals surface area contributed by atoms with Crippen LogP contribution in [-0.2, 0) is 0 Å². The van der Waals surface area contributed by atoms with Crippen LogP contribution in [0.3, 0.4) is 0 Å². The molecule has 70 valence electrons. The molecule has 2 fully saturated rings. The molecule has 0 amide bonds. The average Bonchev–Trinajstić information content (AvgIpc) is 2.17. The highest BCUT2D eigenvalue weighted by Crippen LogP contribution is 2.29. The molecule has 1 heteroatoms. The van der Waals surface area contributed by atoms with Crippen molar-refractivity contribution in [1.82, 2.24) is 4.90 Å². The van der Waals surface area contributed by atoms with Gasteiger partial charge in [-0.15, -0.1) is 0 Å². The van der Waals surface area contributed by atoms with E-state index in [-0.39, 0.29) is 0 Å². The number of fused-ring (bicyclic) bond motifs is 1. The molecular formula is C11H21N. The zero-order valence-electron chi connectivity index (χ0n) is 8.26. The van der Waals surface area contributed by atoms with Crippen LogP contribution >= 0.6 is 0 Å². The standard InChI is InChI=1S/C11H21N/c1-2-10-6-7-11-5-3-4-8-12(11)9-10/h10-11H,2-9H2,1H3/t10-,11?/m0/s1. The molecule has 0 saturated carbocycles. The van der Waals surface area contributed by atoms with Gasteiger partial charge >= 0.3 is 0 Å². The van der Waals surface area contributed by atoms with E-state index in [1.807, 2.05) is 0 Å². The molecule has 2 aliphatic heterocycles. The molecule has 0 spiro atoms. The average molecular weight is 167 g/mol. The van der Waals surface area contributed by atoms with Crippen LogP contribution in [0.4, 0.5) is 0 Å². The third-order valence-corrected chi connectivity index (χ3v) is 3.73. The molecule has 0 radical (unpaired) electrons. The summed E-state index contributed by atoms with van der Waals surface area (Å²) in [6, 6.07) is 0.974. The molecule has 0 aromatic carbocycles. The fourth-order valence-corrected chi connectivity index (χ4v) is 2.81. The summed E-state index contributed by atoms with van der Waals surface area (Å²) >= 11 is 0. The lowest BCUT2D eigenvalue weighted by molar-refractivity contribution is 0.0740. The van der Waals surface area contributed by atoms with Gasteiger partial charge in [-0.25, -0.2) is 0 Å². The Morgan fingerprint density at radius 3 is 2.92 bits per heavy atom. The van der Waals surface area contributed by atoms with Gasteiger partial charge in [-0.05, 0) is 38.1 Å². The topological polar surface area (TPSA) is 3.24 Å². The highest BCUT2D eigenvalue weighted by Gasteiger charge is 2.28. The number of hydrogen-bond acceptors (Lipinski definition) is 1. The minimum atomic E-state index is 0.974. The third-order valence-electron chi connectivity index (χ3n) is 3.73. The Kier molecular flexibility index (Phi) is 2.69. The Hall–Kier alpha value is -0.0400. The maximum absolute atomic E-state index is 2.75. The Morgan fingerprint density at radius 1 is 1.17 bits per heavy atom. The highest BCUT2D eigenvalue weighted by atomic mass is 15.2. The molecule has 2 rings (SSSR count). The summed E-state index contributed by atoms with van der Waals surface area (Å²) in [5.41, 5.74) is 0. The van der Waals surface area contributed by atoms with Gasteiger partial charge in [0.25, 0.3) is 0 Å². The molecule has 12 heavy (non-hydrogen) atoms. The summed E-state index contributed by atoms with van der Waals surface area (Å²) in [5.74, 6) is 1.01. The number of piperidine rings is 2. The molecule has 0 bridgehead atoms. The predicted molar refractivity (Wildman–Crippen MR) is 52.2 cm³/mol. The lowest BCUT2D eigenvalue weighted by atomic mass is 9.86. The lowest BCUT2D eigenvalue weighted by Gasteiger charge is -2.42. The Bertz CT molecular complexity index is 144. The van der Waals surface area contributed by atoms with E-state index >= 15 is 0 Å². The number of rotatable bonds is 1. The molecule has 1 nitrogen and oxygen atoms in total. The van der Waals surface area contributed by atoms with E-state index < -0.39 is 0 Å². The first-order valence-electron chi connectivity index (χ1n) is 5.64. The summed E-state index contributed by atoms with van der Waals surface area (Å²) in [4.78, 5) is 2.75. The van der Waals surface area contributed by atoms with E-state index in [0.29, 0.717) is 0 Å². The van der Waals surface area contributed by atoms with Crippen LogP contribution in [0.2, 0.25) is 0 Å². The van der Waals surface area contributed by atoms with E-state index in [4.69, 9.17) is 0 Å². The van der Waals surface area contributed by atoms with Gasteiger partial charge in [0.2, 0.25) is 0 Å². The van der Waals surface area contributed by atoms with Crippen LogP contribution in [0.1, 0.15) is 45.4 Å². The summed E-state index contributed by atoms with van der Waals surface area (Å²) < 4.78 is 0. The monoisotopic (exact) mass is 167 g/mol. The molecule has 1 unspecified atom stereocenters. The van der Waals surface area contributed by atoms with Gasteiger partial charge in [0.15, 0.2) is 0 Å². The Balaban J connectivity index is 1.90. The zero-order valence-corrected chi connectivity index (χ0v) is 8.26. The normalized spacial score (nSPS) is 37.8.